The van der Waals surface area contributed by atoms with E-state index < -0.39 is 11.9 Å². The summed E-state index contributed by atoms with van der Waals surface area (Å²) in [5.74, 6) is -1.25. The van der Waals surface area contributed by atoms with Crippen LogP contribution in [-0.2, 0) is 9.59 Å². The smallest absolute Gasteiger partial charge is 0.307 e. The molecular weight excluding hydrogens is 268 g/mol. The van der Waals surface area contributed by atoms with Crippen LogP contribution in [0.4, 0.5) is 0 Å². The number of nitrogens with one attached hydrogen (secondary N) is 1. The van der Waals surface area contributed by atoms with E-state index in [1.54, 1.807) is 0 Å². The van der Waals surface area contributed by atoms with Gasteiger partial charge in [-0.3, -0.25) is 9.59 Å². The zero-order valence-corrected chi connectivity index (χ0v) is 12.7. The first-order valence-corrected chi connectivity index (χ1v) is 7.87. The van der Waals surface area contributed by atoms with Crippen LogP contribution in [0.15, 0.2) is 12.2 Å². The quantitative estimate of drug-likeness (QED) is 0.760. The molecule has 2 fully saturated rings. The number of hydrogen-bond acceptors (Lipinski definition) is 3. The van der Waals surface area contributed by atoms with Gasteiger partial charge >= 0.3 is 5.97 Å². The van der Waals surface area contributed by atoms with Gasteiger partial charge in [-0.1, -0.05) is 19.1 Å². The fourth-order valence-electron chi connectivity index (χ4n) is 4.36. The molecule has 3 aliphatic rings. The molecule has 2 bridgehead atoms. The molecule has 1 aliphatic heterocycles. The minimum Gasteiger partial charge on any atom is -0.481 e. The molecule has 2 N–H and O–H groups in total. The Morgan fingerprint density at radius 2 is 1.90 bits per heavy atom. The molecule has 0 aromatic carbocycles. The summed E-state index contributed by atoms with van der Waals surface area (Å²) >= 11 is 0. The Balaban J connectivity index is 1.68. The molecule has 1 heterocycles. The number of carbonyl (C=O) groups is 2. The highest BCUT2D eigenvalue weighted by Crippen LogP contribution is 2.48. The highest BCUT2D eigenvalue weighted by molar-refractivity contribution is 5.87. The maximum absolute atomic E-state index is 12.6. The summed E-state index contributed by atoms with van der Waals surface area (Å²) in [6, 6.07) is 0.172. The fourth-order valence-corrected chi connectivity index (χ4v) is 4.36. The number of hydrogen-bond donors (Lipinski definition) is 2. The van der Waals surface area contributed by atoms with E-state index in [1.807, 2.05) is 12.2 Å². The van der Waals surface area contributed by atoms with Crippen LogP contribution < -0.4 is 5.32 Å². The summed E-state index contributed by atoms with van der Waals surface area (Å²) in [6.45, 7) is 4.11. The third-order valence-electron chi connectivity index (χ3n) is 5.48. The Hall–Kier alpha value is -1.36. The van der Waals surface area contributed by atoms with Crippen LogP contribution in [0.1, 0.15) is 19.8 Å². The van der Waals surface area contributed by atoms with Gasteiger partial charge in [0.2, 0.25) is 5.91 Å². The van der Waals surface area contributed by atoms with Crippen LogP contribution in [0.5, 0.6) is 0 Å². The predicted molar refractivity (Wildman–Crippen MR) is 78.6 cm³/mol. The molecule has 6 unspecified atom stereocenters. The van der Waals surface area contributed by atoms with Crippen LogP contribution in [0, 0.1) is 29.6 Å². The Kier molecular flexibility index (Phi) is 3.78. The first-order chi connectivity index (χ1) is 9.97. The molecule has 1 amide bonds. The fraction of sp³-hybridized carbons (Fsp3) is 0.750. The van der Waals surface area contributed by atoms with Crippen molar-refractivity contribution in [1.29, 1.82) is 0 Å². The SMILES string of the molecule is CC1CN(C)CCC1NC(=O)C1C2C=CC(C2)C1C(=O)O. The molecule has 6 atom stereocenters. The van der Waals surface area contributed by atoms with E-state index in [1.165, 1.54) is 0 Å². The minimum absolute atomic E-state index is 0.0400. The van der Waals surface area contributed by atoms with Crippen LogP contribution in [-0.4, -0.2) is 48.1 Å². The maximum atomic E-state index is 12.6. The van der Waals surface area contributed by atoms with Crippen molar-refractivity contribution in [3.05, 3.63) is 12.2 Å². The summed E-state index contributed by atoms with van der Waals surface area (Å²) < 4.78 is 0. The molecule has 1 saturated carbocycles. The third kappa shape index (κ3) is 2.59. The van der Waals surface area contributed by atoms with Gasteiger partial charge in [-0.15, -0.1) is 0 Å². The number of aliphatic carboxylic acids is 1. The Labute approximate surface area is 125 Å². The molecular formula is C16H24N2O3. The maximum Gasteiger partial charge on any atom is 0.307 e. The number of carboxylic acid groups (broad SMARTS) is 1. The first kappa shape index (κ1) is 14.6. The number of piperidine rings is 1. The lowest BCUT2D eigenvalue weighted by atomic mass is 9.82. The monoisotopic (exact) mass is 292 g/mol. The molecule has 5 heteroatoms. The zero-order valence-electron chi connectivity index (χ0n) is 12.7. The summed E-state index contributed by atoms with van der Waals surface area (Å²) in [5, 5.41) is 12.6. The van der Waals surface area contributed by atoms with Crippen molar-refractivity contribution >= 4 is 11.9 Å². The summed E-state index contributed by atoms with van der Waals surface area (Å²) in [7, 11) is 2.09. The normalized spacial score (nSPS) is 42.2. The van der Waals surface area contributed by atoms with Crippen LogP contribution in [0.2, 0.25) is 0 Å². The van der Waals surface area contributed by atoms with E-state index >= 15 is 0 Å². The summed E-state index contributed by atoms with van der Waals surface area (Å²) in [4.78, 5) is 26.4. The number of rotatable bonds is 3. The van der Waals surface area contributed by atoms with Gasteiger partial charge in [0, 0.05) is 12.6 Å². The number of allylic oxidation sites excluding steroid dienone is 2. The van der Waals surface area contributed by atoms with Crippen molar-refractivity contribution in [2.45, 2.75) is 25.8 Å². The van der Waals surface area contributed by atoms with Crippen molar-refractivity contribution < 1.29 is 14.7 Å². The number of carbonyl (C=O) groups excluding carboxylic acids is 1. The van der Waals surface area contributed by atoms with E-state index in [2.05, 4.69) is 24.2 Å². The van der Waals surface area contributed by atoms with E-state index in [9.17, 15) is 14.7 Å². The van der Waals surface area contributed by atoms with Gasteiger partial charge < -0.3 is 15.3 Å². The largest absolute Gasteiger partial charge is 0.481 e. The van der Waals surface area contributed by atoms with E-state index in [-0.39, 0.29) is 29.7 Å². The molecule has 2 aliphatic carbocycles. The molecule has 0 radical (unpaired) electrons. The highest BCUT2D eigenvalue weighted by Gasteiger charge is 2.52. The van der Waals surface area contributed by atoms with E-state index in [0.717, 1.165) is 25.9 Å². The van der Waals surface area contributed by atoms with Crippen LogP contribution in [0.25, 0.3) is 0 Å². The van der Waals surface area contributed by atoms with Crippen molar-refractivity contribution in [1.82, 2.24) is 10.2 Å². The van der Waals surface area contributed by atoms with Gasteiger partial charge in [-0.25, -0.2) is 0 Å². The number of amides is 1. The van der Waals surface area contributed by atoms with E-state index in [0.29, 0.717) is 5.92 Å². The van der Waals surface area contributed by atoms with Gasteiger partial charge in [0.25, 0.3) is 0 Å². The van der Waals surface area contributed by atoms with E-state index in [4.69, 9.17) is 0 Å². The van der Waals surface area contributed by atoms with Crippen molar-refractivity contribution in [2.24, 2.45) is 29.6 Å². The number of fused-ring (bicyclic) bond motifs is 2. The van der Waals surface area contributed by atoms with Gasteiger partial charge in [-0.05, 0) is 44.2 Å². The molecule has 5 nitrogen and oxygen atoms in total. The van der Waals surface area contributed by atoms with Crippen molar-refractivity contribution in [2.75, 3.05) is 20.1 Å². The average molecular weight is 292 g/mol. The zero-order chi connectivity index (χ0) is 15.1. The molecule has 21 heavy (non-hydrogen) atoms. The number of likely N-dealkylation sites (tertiary alicyclic amines) is 1. The third-order valence-corrected chi connectivity index (χ3v) is 5.48. The first-order valence-electron chi connectivity index (χ1n) is 7.87. The number of nitrogens with zero attached hydrogens (tertiary/aromatic N) is 1. The lowest BCUT2D eigenvalue weighted by Crippen LogP contribution is -2.51. The van der Waals surface area contributed by atoms with Crippen LogP contribution >= 0.6 is 0 Å². The second kappa shape index (κ2) is 5.44. The number of carboxylic acids is 1. The van der Waals surface area contributed by atoms with Crippen LogP contribution in [0.3, 0.4) is 0 Å². The van der Waals surface area contributed by atoms with Gasteiger partial charge in [-0.2, -0.15) is 0 Å². The van der Waals surface area contributed by atoms with Crippen molar-refractivity contribution in [3.63, 3.8) is 0 Å². The molecule has 0 aromatic heterocycles. The lowest BCUT2D eigenvalue weighted by molar-refractivity contribution is -0.148. The Bertz CT molecular complexity index is 476. The average Bonchev–Trinajstić information content (AvgIpc) is 3.02. The predicted octanol–water partition coefficient (Wildman–Crippen LogP) is 0.966. The summed E-state index contributed by atoms with van der Waals surface area (Å²) in [5.41, 5.74) is 0. The van der Waals surface area contributed by atoms with Gasteiger partial charge in [0.1, 0.15) is 0 Å². The van der Waals surface area contributed by atoms with Crippen molar-refractivity contribution in [3.8, 4) is 0 Å². The highest BCUT2D eigenvalue weighted by atomic mass is 16.4. The topological polar surface area (TPSA) is 69.6 Å². The lowest BCUT2D eigenvalue weighted by Gasteiger charge is -2.36. The molecule has 1 saturated heterocycles. The Morgan fingerprint density at radius 3 is 2.52 bits per heavy atom. The molecule has 0 spiro atoms. The molecule has 3 rings (SSSR count). The molecule has 0 aromatic rings. The Morgan fingerprint density at radius 1 is 1.24 bits per heavy atom. The summed E-state index contributed by atoms with van der Waals surface area (Å²) in [6.07, 6.45) is 5.77. The van der Waals surface area contributed by atoms with Gasteiger partial charge in [0.15, 0.2) is 0 Å². The second-order valence-electron chi connectivity index (χ2n) is 6.98. The minimum atomic E-state index is -0.830. The standard InChI is InChI=1S/C16H24N2O3/c1-9-8-18(2)6-5-12(9)17-15(19)13-10-3-4-11(7-10)14(13)16(20)21/h3-4,9-14H,5-8H2,1-2H3,(H,17,19)(H,20,21). The van der Waals surface area contributed by atoms with Gasteiger partial charge in [0.05, 0.1) is 11.8 Å². The second-order valence-corrected chi connectivity index (χ2v) is 6.98. The molecule has 116 valence electrons.